The van der Waals surface area contributed by atoms with E-state index in [4.69, 9.17) is 4.74 Å². The molecule has 0 bridgehead atoms. The maximum absolute atomic E-state index is 13.0. The number of aryl methyl sites for hydroxylation is 1. The van der Waals surface area contributed by atoms with Gasteiger partial charge in [-0.2, -0.15) is 4.99 Å². The average Bonchev–Trinajstić information content (AvgIpc) is 3.55. The number of hydrogen-bond donors (Lipinski definition) is 1. The quantitative estimate of drug-likeness (QED) is 0.170. The molecule has 2 heterocycles. The van der Waals surface area contributed by atoms with Crippen LogP contribution in [0.15, 0.2) is 78.0 Å². The Bertz CT molecular complexity index is 1710. The molecule has 0 saturated carbocycles. The molecule has 0 radical (unpaired) electrons. The van der Waals surface area contributed by atoms with Crippen LogP contribution in [0.1, 0.15) is 57.1 Å². The summed E-state index contributed by atoms with van der Waals surface area (Å²) < 4.78 is 48.2. The largest absolute Gasteiger partial charge is 0.573 e. The van der Waals surface area contributed by atoms with E-state index in [0.717, 1.165) is 60.5 Å². The number of aliphatic imine (C=N–C) groups is 1. The number of methoxy groups -OCH3 is 1. The van der Waals surface area contributed by atoms with Crippen molar-refractivity contribution in [2.24, 2.45) is 4.99 Å². The van der Waals surface area contributed by atoms with Gasteiger partial charge in [0.25, 0.3) is 0 Å². The van der Waals surface area contributed by atoms with Crippen LogP contribution >= 0.6 is 11.8 Å². The number of benzene rings is 3. The van der Waals surface area contributed by atoms with E-state index in [1.807, 2.05) is 43.3 Å². The fourth-order valence-electron chi connectivity index (χ4n) is 5.40. The highest BCUT2D eigenvalue weighted by molar-refractivity contribution is 8.14. The summed E-state index contributed by atoms with van der Waals surface area (Å²) in [6.07, 6.45) is 0.266. The normalized spacial score (nSPS) is 15.1. The van der Waals surface area contributed by atoms with Gasteiger partial charge in [0, 0.05) is 35.7 Å². The van der Waals surface area contributed by atoms with E-state index in [2.05, 4.69) is 49.9 Å². The van der Waals surface area contributed by atoms with Gasteiger partial charge in [0.05, 0.1) is 12.8 Å². The van der Waals surface area contributed by atoms with Gasteiger partial charge in [-0.3, -0.25) is 0 Å². The maximum Gasteiger partial charge on any atom is 0.573 e. The number of carbonyl (C=O) groups excluding carboxylic acids is 1. The van der Waals surface area contributed by atoms with Gasteiger partial charge in [0.15, 0.2) is 11.0 Å². The average molecular weight is 681 g/mol. The van der Waals surface area contributed by atoms with Crippen LogP contribution in [0.4, 0.5) is 23.7 Å². The van der Waals surface area contributed by atoms with Crippen LogP contribution in [0.5, 0.6) is 11.5 Å². The minimum absolute atomic E-state index is 0.0477. The number of ether oxygens (including phenoxy) is 2. The minimum atomic E-state index is -4.74. The number of aromatic nitrogens is 3. The summed E-state index contributed by atoms with van der Waals surface area (Å²) in [5.41, 5.74) is 4.73. The van der Waals surface area contributed by atoms with E-state index in [0.29, 0.717) is 22.6 Å². The molecular formula is C35H39F3N6O3S. The Morgan fingerprint density at radius 2 is 1.77 bits per heavy atom. The monoisotopic (exact) mass is 680 g/mol. The molecule has 1 aromatic heterocycles. The zero-order chi connectivity index (χ0) is 34.3. The highest BCUT2D eigenvalue weighted by atomic mass is 32.2. The van der Waals surface area contributed by atoms with E-state index < -0.39 is 6.36 Å². The maximum atomic E-state index is 13.0. The molecule has 1 aliphatic rings. The van der Waals surface area contributed by atoms with Crippen LogP contribution in [0.25, 0.3) is 17.1 Å². The first kappa shape index (κ1) is 34.8. The number of thioether (sulfide) groups is 1. The van der Waals surface area contributed by atoms with E-state index in [-0.39, 0.29) is 17.8 Å². The number of amides is 2. The molecule has 3 aromatic carbocycles. The number of hydrogen-bond acceptors (Lipinski definition) is 6. The van der Waals surface area contributed by atoms with Crippen LogP contribution in [-0.4, -0.2) is 57.8 Å². The second kappa shape index (κ2) is 15.6. The molecule has 2 amide bonds. The van der Waals surface area contributed by atoms with Crippen LogP contribution in [0.2, 0.25) is 0 Å². The first-order valence-corrected chi connectivity index (χ1v) is 16.8. The summed E-state index contributed by atoms with van der Waals surface area (Å²) >= 11 is 1.60. The van der Waals surface area contributed by atoms with E-state index >= 15 is 0 Å². The number of nitrogens with one attached hydrogen (secondary N) is 1. The lowest BCUT2D eigenvalue weighted by molar-refractivity contribution is -0.274. The standard InChI is InChI=1S/C35H39F3N6O3S/c1-23(2)30-18-17-29(46-4)21-31(30)43-19-6-20-48-34(43)41-33(45)40-24(3)7-5-8-25-9-11-26(12-10-25)32-39-22-44(42-32)27-13-15-28(16-14-27)47-35(36,37)38/h9-18,21-24H,5-8,19-20H2,1-4H3,(H,40,45). The Labute approximate surface area is 282 Å². The number of rotatable bonds is 11. The van der Waals surface area contributed by atoms with E-state index in [9.17, 15) is 18.0 Å². The van der Waals surface area contributed by atoms with Crippen LogP contribution < -0.4 is 19.7 Å². The summed E-state index contributed by atoms with van der Waals surface area (Å²) in [5.74, 6) is 2.19. The van der Waals surface area contributed by atoms with Crippen molar-refractivity contribution >= 4 is 28.6 Å². The van der Waals surface area contributed by atoms with Gasteiger partial charge in [-0.05, 0) is 80.0 Å². The highest BCUT2D eigenvalue weighted by Gasteiger charge is 2.31. The molecule has 254 valence electrons. The van der Waals surface area contributed by atoms with Crippen LogP contribution in [0, 0.1) is 0 Å². The molecule has 1 saturated heterocycles. The fraction of sp³-hybridized carbons (Fsp3) is 0.371. The molecule has 1 unspecified atom stereocenters. The molecule has 4 aromatic rings. The molecule has 1 N–H and O–H groups in total. The number of amidine groups is 1. The van der Waals surface area contributed by atoms with Gasteiger partial charge < -0.3 is 19.7 Å². The lowest BCUT2D eigenvalue weighted by atomic mass is 10.00. The SMILES string of the molecule is COc1ccc(C(C)C)c(N2CCCSC2=NC(=O)NC(C)CCCc2ccc(-c3ncn(-c4ccc(OC(F)(F)F)cc4)n3)cc2)c1. The number of urea groups is 1. The van der Waals surface area contributed by atoms with Crippen molar-refractivity contribution in [3.63, 3.8) is 0 Å². The Morgan fingerprint density at radius 1 is 1.04 bits per heavy atom. The first-order chi connectivity index (χ1) is 23.0. The Kier molecular flexibility index (Phi) is 11.3. The zero-order valence-electron chi connectivity index (χ0n) is 27.3. The van der Waals surface area contributed by atoms with Gasteiger partial charge >= 0.3 is 12.4 Å². The predicted octanol–water partition coefficient (Wildman–Crippen LogP) is 8.39. The van der Waals surface area contributed by atoms with Crippen molar-refractivity contribution in [2.45, 2.75) is 64.8 Å². The topological polar surface area (TPSA) is 93.9 Å². The van der Waals surface area contributed by atoms with Gasteiger partial charge in [0.1, 0.15) is 17.8 Å². The number of halogens is 3. The van der Waals surface area contributed by atoms with Crippen molar-refractivity contribution < 1.29 is 27.4 Å². The van der Waals surface area contributed by atoms with Gasteiger partial charge in [-0.25, -0.2) is 14.5 Å². The zero-order valence-corrected chi connectivity index (χ0v) is 28.1. The first-order valence-electron chi connectivity index (χ1n) is 15.8. The third-order valence-corrected chi connectivity index (χ3v) is 8.91. The third-order valence-electron chi connectivity index (χ3n) is 7.85. The van der Waals surface area contributed by atoms with Crippen molar-refractivity contribution in [2.75, 3.05) is 24.3 Å². The molecule has 48 heavy (non-hydrogen) atoms. The van der Waals surface area contributed by atoms with E-state index in [1.165, 1.54) is 40.8 Å². The van der Waals surface area contributed by atoms with Gasteiger partial charge in [-0.15, -0.1) is 18.3 Å². The van der Waals surface area contributed by atoms with Crippen molar-refractivity contribution in [3.8, 4) is 28.6 Å². The van der Waals surface area contributed by atoms with Crippen molar-refractivity contribution in [1.82, 2.24) is 20.1 Å². The Morgan fingerprint density at radius 3 is 2.46 bits per heavy atom. The number of alkyl halides is 3. The molecule has 1 atom stereocenters. The number of nitrogens with zero attached hydrogens (tertiary/aromatic N) is 5. The molecular weight excluding hydrogens is 641 g/mol. The smallest absolute Gasteiger partial charge is 0.497 e. The number of anilines is 1. The second-order valence-electron chi connectivity index (χ2n) is 11.8. The molecule has 1 aliphatic heterocycles. The van der Waals surface area contributed by atoms with Crippen LogP contribution in [-0.2, 0) is 6.42 Å². The summed E-state index contributed by atoms with van der Waals surface area (Å²) in [5, 5.41) is 8.20. The lowest BCUT2D eigenvalue weighted by Crippen LogP contribution is -2.37. The number of carbonyl (C=O) groups is 1. The molecule has 9 nitrogen and oxygen atoms in total. The fourth-order valence-corrected chi connectivity index (χ4v) is 6.35. The molecule has 13 heteroatoms. The van der Waals surface area contributed by atoms with Crippen molar-refractivity contribution in [3.05, 3.63) is 84.2 Å². The summed E-state index contributed by atoms with van der Waals surface area (Å²) in [6.45, 7) is 7.09. The molecule has 0 spiro atoms. The molecule has 5 rings (SSSR count). The van der Waals surface area contributed by atoms with Gasteiger partial charge in [-0.1, -0.05) is 55.9 Å². The van der Waals surface area contributed by atoms with Crippen LogP contribution in [0.3, 0.4) is 0 Å². The third kappa shape index (κ3) is 9.30. The predicted molar refractivity (Wildman–Crippen MR) is 183 cm³/mol. The summed E-state index contributed by atoms with van der Waals surface area (Å²) in [6, 6.07) is 19.0. The van der Waals surface area contributed by atoms with E-state index in [1.54, 1.807) is 18.9 Å². The lowest BCUT2D eigenvalue weighted by Gasteiger charge is -2.32. The Hall–Kier alpha value is -4.52. The summed E-state index contributed by atoms with van der Waals surface area (Å²) in [4.78, 5) is 23.9. The Balaban J connectivity index is 1.12. The molecule has 0 aliphatic carbocycles. The second-order valence-corrected chi connectivity index (χ2v) is 12.9. The van der Waals surface area contributed by atoms with Gasteiger partial charge in [0.2, 0.25) is 0 Å². The minimum Gasteiger partial charge on any atom is -0.497 e. The van der Waals surface area contributed by atoms with Crippen molar-refractivity contribution in [1.29, 1.82) is 0 Å². The molecule has 1 fully saturated rings. The summed E-state index contributed by atoms with van der Waals surface area (Å²) in [7, 11) is 1.66. The highest BCUT2D eigenvalue weighted by Crippen LogP contribution is 2.35.